The van der Waals surface area contributed by atoms with E-state index in [1.165, 1.54) is 29.1 Å². The number of hydrogen-bond donors (Lipinski definition) is 2. The number of carboxylic acid groups (broad SMARTS) is 1. The van der Waals surface area contributed by atoms with Gasteiger partial charge >= 0.3 is 12.0 Å². The lowest BCUT2D eigenvalue weighted by molar-refractivity contribution is -0.141. The zero-order chi connectivity index (χ0) is 14.7. The molecular formula is C11H15N5O3S. The Labute approximate surface area is 120 Å². The summed E-state index contributed by atoms with van der Waals surface area (Å²) in [6.45, 7) is 3.89. The molecule has 1 aliphatic heterocycles. The molecule has 2 unspecified atom stereocenters. The summed E-state index contributed by atoms with van der Waals surface area (Å²) in [7, 11) is 0. The van der Waals surface area contributed by atoms with Gasteiger partial charge in [-0.05, 0) is 5.92 Å². The predicted molar refractivity (Wildman–Crippen MR) is 73.2 cm³/mol. The number of nitrogens with zero attached hydrogens (tertiary/aromatic N) is 4. The minimum absolute atomic E-state index is 0.0565. The molecule has 0 saturated carbocycles. The summed E-state index contributed by atoms with van der Waals surface area (Å²) in [5.74, 6) is -0.437. The number of carbonyl (C=O) groups is 2. The number of anilines is 1. The topological polar surface area (TPSA) is 108 Å². The molecule has 1 saturated heterocycles. The quantitative estimate of drug-likeness (QED) is 0.852. The average molecular weight is 297 g/mol. The van der Waals surface area contributed by atoms with E-state index < -0.39 is 18.0 Å². The van der Waals surface area contributed by atoms with Gasteiger partial charge in [-0.3, -0.25) is 10.2 Å². The highest BCUT2D eigenvalue weighted by molar-refractivity contribution is 8.00. The van der Waals surface area contributed by atoms with E-state index in [0.717, 1.165) is 0 Å². The number of urea groups is 1. The van der Waals surface area contributed by atoms with E-state index in [1.807, 2.05) is 13.8 Å². The standard InChI is InChI=1S/C11H15N5O3S/c1-6(2)8-16(7(5-20-8)9(17)18)11(19)14-10-12-3-4-13-15-10/h3-4,6-8H,5H2,1-2H3,(H,17,18)(H,12,14,15,19). The monoisotopic (exact) mass is 297 g/mol. The van der Waals surface area contributed by atoms with Crippen molar-refractivity contribution in [2.24, 2.45) is 5.92 Å². The first-order valence-corrected chi connectivity index (χ1v) is 7.13. The van der Waals surface area contributed by atoms with Crippen molar-refractivity contribution in [2.45, 2.75) is 25.3 Å². The van der Waals surface area contributed by atoms with E-state index in [0.29, 0.717) is 5.75 Å². The molecule has 2 rings (SSSR count). The molecule has 20 heavy (non-hydrogen) atoms. The van der Waals surface area contributed by atoms with Crippen molar-refractivity contribution < 1.29 is 14.7 Å². The van der Waals surface area contributed by atoms with Gasteiger partial charge in [0.2, 0.25) is 0 Å². The smallest absolute Gasteiger partial charge is 0.327 e. The van der Waals surface area contributed by atoms with Gasteiger partial charge in [0.15, 0.2) is 0 Å². The molecule has 2 N–H and O–H groups in total. The van der Waals surface area contributed by atoms with E-state index >= 15 is 0 Å². The Morgan fingerprint density at radius 1 is 1.50 bits per heavy atom. The SMILES string of the molecule is CC(C)C1SCC(C(=O)O)N1C(=O)Nc1nccnn1. The highest BCUT2D eigenvalue weighted by Crippen LogP contribution is 2.34. The van der Waals surface area contributed by atoms with Crippen LogP contribution in [0.2, 0.25) is 0 Å². The summed E-state index contributed by atoms with van der Waals surface area (Å²) in [6, 6.07) is -1.36. The highest BCUT2D eigenvalue weighted by Gasteiger charge is 2.43. The first kappa shape index (κ1) is 14.5. The number of thioether (sulfide) groups is 1. The Balaban J connectivity index is 2.17. The highest BCUT2D eigenvalue weighted by atomic mass is 32.2. The van der Waals surface area contributed by atoms with Gasteiger partial charge in [-0.15, -0.1) is 16.9 Å². The molecule has 108 valence electrons. The van der Waals surface area contributed by atoms with Crippen molar-refractivity contribution in [3.8, 4) is 0 Å². The molecule has 0 aliphatic carbocycles. The molecule has 1 aliphatic rings. The summed E-state index contributed by atoms with van der Waals surface area (Å²) >= 11 is 1.46. The van der Waals surface area contributed by atoms with E-state index in [4.69, 9.17) is 0 Å². The number of rotatable bonds is 3. The van der Waals surface area contributed by atoms with Crippen LogP contribution in [0.5, 0.6) is 0 Å². The summed E-state index contributed by atoms with van der Waals surface area (Å²) in [6.07, 6.45) is 2.79. The van der Waals surface area contributed by atoms with Crippen LogP contribution in [-0.4, -0.2) is 54.4 Å². The number of hydrogen-bond acceptors (Lipinski definition) is 6. The van der Waals surface area contributed by atoms with Crippen LogP contribution < -0.4 is 5.32 Å². The fourth-order valence-electron chi connectivity index (χ4n) is 1.95. The number of carboxylic acids is 1. The second kappa shape index (κ2) is 6.04. The molecule has 9 heteroatoms. The van der Waals surface area contributed by atoms with Gasteiger partial charge in [-0.25, -0.2) is 14.6 Å². The minimum atomic E-state index is -1.01. The molecule has 1 aromatic heterocycles. The zero-order valence-corrected chi connectivity index (χ0v) is 11.9. The Morgan fingerprint density at radius 3 is 2.80 bits per heavy atom. The number of aliphatic carboxylic acids is 1. The molecule has 0 bridgehead atoms. The summed E-state index contributed by atoms with van der Waals surface area (Å²) in [4.78, 5) is 28.7. The normalized spacial score (nSPS) is 22.1. The summed E-state index contributed by atoms with van der Waals surface area (Å²) < 4.78 is 0. The molecule has 1 aromatic rings. The molecule has 0 spiro atoms. The van der Waals surface area contributed by atoms with Crippen molar-refractivity contribution in [2.75, 3.05) is 11.1 Å². The van der Waals surface area contributed by atoms with Crippen molar-refractivity contribution in [3.05, 3.63) is 12.4 Å². The molecule has 0 aromatic carbocycles. The average Bonchev–Trinajstić information content (AvgIpc) is 2.84. The largest absolute Gasteiger partial charge is 0.480 e. The van der Waals surface area contributed by atoms with Crippen molar-refractivity contribution in [1.29, 1.82) is 0 Å². The lowest BCUT2D eigenvalue weighted by Crippen LogP contribution is -2.49. The molecule has 8 nitrogen and oxygen atoms in total. The van der Waals surface area contributed by atoms with Gasteiger partial charge in [0.05, 0.1) is 17.8 Å². The molecule has 0 radical (unpaired) electrons. The van der Waals surface area contributed by atoms with Gasteiger partial charge < -0.3 is 5.11 Å². The second-order valence-corrected chi connectivity index (χ2v) is 5.78. The Bertz CT molecular complexity index is 498. The third-order valence-electron chi connectivity index (χ3n) is 2.83. The van der Waals surface area contributed by atoms with Gasteiger partial charge in [0.25, 0.3) is 5.95 Å². The summed E-state index contributed by atoms with van der Waals surface area (Å²) in [5.41, 5.74) is 0. The number of amides is 2. The lowest BCUT2D eigenvalue weighted by Gasteiger charge is -2.29. The third kappa shape index (κ3) is 2.98. The zero-order valence-electron chi connectivity index (χ0n) is 11.1. The molecular weight excluding hydrogens is 282 g/mol. The van der Waals surface area contributed by atoms with E-state index in [1.54, 1.807) is 0 Å². The maximum absolute atomic E-state index is 12.3. The number of nitrogens with one attached hydrogen (secondary N) is 1. The molecule has 2 atom stereocenters. The summed E-state index contributed by atoms with van der Waals surface area (Å²) in [5, 5.41) is 18.8. The second-order valence-electron chi connectivity index (χ2n) is 4.63. The van der Waals surface area contributed by atoms with Gasteiger partial charge in [-0.1, -0.05) is 13.8 Å². The lowest BCUT2D eigenvalue weighted by atomic mass is 10.2. The number of carbonyl (C=O) groups excluding carboxylic acids is 1. The van der Waals surface area contributed by atoms with Crippen LogP contribution in [0.4, 0.5) is 10.7 Å². The van der Waals surface area contributed by atoms with Crippen molar-refractivity contribution in [1.82, 2.24) is 20.1 Å². The van der Waals surface area contributed by atoms with Gasteiger partial charge in [-0.2, -0.15) is 5.10 Å². The van der Waals surface area contributed by atoms with Crippen LogP contribution in [0.3, 0.4) is 0 Å². The van der Waals surface area contributed by atoms with Crippen LogP contribution >= 0.6 is 11.8 Å². The fraction of sp³-hybridized carbons (Fsp3) is 0.545. The van der Waals surface area contributed by atoms with Crippen LogP contribution in [-0.2, 0) is 4.79 Å². The first-order valence-electron chi connectivity index (χ1n) is 6.08. The Kier molecular flexibility index (Phi) is 4.38. The van der Waals surface area contributed by atoms with Gasteiger partial charge in [0.1, 0.15) is 6.04 Å². The van der Waals surface area contributed by atoms with Crippen molar-refractivity contribution >= 4 is 29.7 Å². The van der Waals surface area contributed by atoms with E-state index in [9.17, 15) is 14.7 Å². The van der Waals surface area contributed by atoms with Crippen LogP contribution in [0, 0.1) is 5.92 Å². The maximum atomic E-state index is 12.3. The van der Waals surface area contributed by atoms with Crippen molar-refractivity contribution in [3.63, 3.8) is 0 Å². The van der Waals surface area contributed by atoms with Crippen LogP contribution in [0.1, 0.15) is 13.8 Å². The van der Waals surface area contributed by atoms with E-state index in [2.05, 4.69) is 20.5 Å². The predicted octanol–water partition coefficient (Wildman–Crippen LogP) is 0.888. The molecule has 1 fully saturated rings. The van der Waals surface area contributed by atoms with Gasteiger partial charge in [0, 0.05) is 5.75 Å². The maximum Gasteiger partial charge on any atom is 0.327 e. The fourth-order valence-corrected chi connectivity index (χ4v) is 3.42. The van der Waals surface area contributed by atoms with Crippen LogP contribution in [0.25, 0.3) is 0 Å². The molecule has 2 heterocycles. The Hall–Kier alpha value is -1.90. The van der Waals surface area contributed by atoms with Crippen LogP contribution in [0.15, 0.2) is 12.4 Å². The molecule has 2 amide bonds. The Morgan fingerprint density at radius 2 is 2.25 bits per heavy atom. The first-order chi connectivity index (χ1) is 9.50. The third-order valence-corrected chi connectivity index (χ3v) is 4.45. The number of aromatic nitrogens is 3. The van der Waals surface area contributed by atoms with E-state index in [-0.39, 0.29) is 17.2 Å². The minimum Gasteiger partial charge on any atom is -0.480 e.